The Hall–Kier alpha value is -2.24. The lowest BCUT2D eigenvalue weighted by Gasteiger charge is -2.13. The van der Waals surface area contributed by atoms with E-state index in [1.54, 1.807) is 6.26 Å². The van der Waals surface area contributed by atoms with Gasteiger partial charge in [0.25, 0.3) is 5.56 Å². The van der Waals surface area contributed by atoms with Crippen LogP contribution in [0.5, 0.6) is 0 Å². The SMILES string of the molecule is CC(Cc1ccco1)Nc1nc[nH]c(=O)c1N. The molecule has 0 saturated heterocycles. The number of hydrogen-bond donors (Lipinski definition) is 3. The van der Waals surface area contributed by atoms with Crippen molar-refractivity contribution in [2.75, 3.05) is 11.1 Å². The van der Waals surface area contributed by atoms with Crippen LogP contribution in [0.15, 0.2) is 33.9 Å². The topological polar surface area (TPSA) is 96.9 Å². The van der Waals surface area contributed by atoms with Crippen molar-refractivity contribution >= 4 is 11.5 Å². The second kappa shape index (κ2) is 4.73. The maximum atomic E-state index is 11.3. The molecular formula is C11H14N4O2. The van der Waals surface area contributed by atoms with E-state index in [-0.39, 0.29) is 17.3 Å². The van der Waals surface area contributed by atoms with Gasteiger partial charge in [0.2, 0.25) is 0 Å². The summed E-state index contributed by atoms with van der Waals surface area (Å²) in [6.07, 6.45) is 3.64. The van der Waals surface area contributed by atoms with Crippen molar-refractivity contribution in [2.45, 2.75) is 19.4 Å². The van der Waals surface area contributed by atoms with Crippen molar-refractivity contribution in [1.29, 1.82) is 0 Å². The van der Waals surface area contributed by atoms with Gasteiger partial charge >= 0.3 is 0 Å². The average molecular weight is 234 g/mol. The zero-order valence-corrected chi connectivity index (χ0v) is 9.43. The fourth-order valence-corrected chi connectivity index (χ4v) is 1.54. The van der Waals surface area contributed by atoms with Crippen LogP contribution in [-0.2, 0) is 6.42 Å². The van der Waals surface area contributed by atoms with Crippen LogP contribution in [0.4, 0.5) is 11.5 Å². The molecule has 0 fully saturated rings. The molecule has 0 aliphatic rings. The number of furan rings is 1. The monoisotopic (exact) mass is 234 g/mol. The number of aromatic amines is 1. The molecule has 0 amide bonds. The highest BCUT2D eigenvalue weighted by atomic mass is 16.3. The molecule has 90 valence electrons. The van der Waals surface area contributed by atoms with Crippen molar-refractivity contribution in [2.24, 2.45) is 0 Å². The van der Waals surface area contributed by atoms with Gasteiger partial charge in [-0.3, -0.25) is 4.79 Å². The van der Waals surface area contributed by atoms with Crippen molar-refractivity contribution in [1.82, 2.24) is 9.97 Å². The quantitative estimate of drug-likeness (QED) is 0.733. The maximum absolute atomic E-state index is 11.3. The summed E-state index contributed by atoms with van der Waals surface area (Å²) in [5.41, 5.74) is 5.37. The lowest BCUT2D eigenvalue weighted by Crippen LogP contribution is -2.23. The van der Waals surface area contributed by atoms with Gasteiger partial charge in [0.15, 0.2) is 5.82 Å². The first-order valence-corrected chi connectivity index (χ1v) is 5.29. The van der Waals surface area contributed by atoms with Gasteiger partial charge in [0, 0.05) is 12.5 Å². The van der Waals surface area contributed by atoms with E-state index >= 15 is 0 Å². The predicted octanol–water partition coefficient (Wildman–Crippen LogP) is 0.988. The molecule has 0 aliphatic heterocycles. The number of rotatable bonds is 4. The summed E-state index contributed by atoms with van der Waals surface area (Å²) in [6, 6.07) is 3.80. The van der Waals surface area contributed by atoms with Gasteiger partial charge in [-0.05, 0) is 19.1 Å². The lowest BCUT2D eigenvalue weighted by atomic mass is 10.2. The van der Waals surface area contributed by atoms with Crippen LogP contribution in [0.3, 0.4) is 0 Å². The summed E-state index contributed by atoms with van der Waals surface area (Å²) in [6.45, 7) is 1.96. The number of nitrogen functional groups attached to an aromatic ring is 1. The van der Waals surface area contributed by atoms with E-state index in [0.717, 1.165) is 5.76 Å². The Kier molecular flexibility index (Phi) is 3.13. The van der Waals surface area contributed by atoms with Gasteiger partial charge in [0.1, 0.15) is 11.4 Å². The Labute approximate surface area is 97.9 Å². The van der Waals surface area contributed by atoms with Crippen molar-refractivity contribution < 1.29 is 4.42 Å². The molecule has 4 N–H and O–H groups in total. The third-order valence-electron chi connectivity index (χ3n) is 2.36. The number of hydrogen-bond acceptors (Lipinski definition) is 5. The Morgan fingerprint density at radius 3 is 3.18 bits per heavy atom. The van der Waals surface area contributed by atoms with Gasteiger partial charge < -0.3 is 20.5 Å². The third kappa shape index (κ3) is 2.66. The summed E-state index contributed by atoms with van der Waals surface area (Å²) in [7, 11) is 0. The van der Waals surface area contributed by atoms with Gasteiger partial charge in [-0.1, -0.05) is 0 Å². The van der Waals surface area contributed by atoms with E-state index in [9.17, 15) is 4.79 Å². The molecule has 0 spiro atoms. The second-order valence-corrected chi connectivity index (χ2v) is 3.82. The molecule has 0 saturated carbocycles. The molecule has 6 heteroatoms. The fourth-order valence-electron chi connectivity index (χ4n) is 1.54. The first kappa shape index (κ1) is 11.3. The Morgan fingerprint density at radius 1 is 1.65 bits per heavy atom. The lowest BCUT2D eigenvalue weighted by molar-refractivity contribution is 0.497. The van der Waals surface area contributed by atoms with Crippen LogP contribution in [0, 0.1) is 0 Å². The predicted molar refractivity (Wildman–Crippen MR) is 64.8 cm³/mol. The summed E-state index contributed by atoms with van der Waals surface area (Å²) in [5.74, 6) is 1.27. The van der Waals surface area contributed by atoms with Gasteiger partial charge in [-0.25, -0.2) is 4.98 Å². The number of nitrogens with zero attached hydrogens (tertiary/aromatic N) is 1. The van der Waals surface area contributed by atoms with Crippen molar-refractivity contribution in [3.63, 3.8) is 0 Å². The van der Waals surface area contributed by atoms with E-state index in [1.165, 1.54) is 6.33 Å². The molecule has 0 aliphatic carbocycles. The van der Waals surface area contributed by atoms with Gasteiger partial charge in [-0.2, -0.15) is 0 Å². The minimum atomic E-state index is -0.340. The highest BCUT2D eigenvalue weighted by molar-refractivity contribution is 5.59. The first-order valence-electron chi connectivity index (χ1n) is 5.29. The first-order chi connectivity index (χ1) is 8.16. The van der Waals surface area contributed by atoms with E-state index in [1.807, 2.05) is 19.1 Å². The number of nitrogens with one attached hydrogen (secondary N) is 2. The Balaban J connectivity index is 2.05. The number of nitrogens with two attached hydrogens (primary N) is 1. The molecule has 17 heavy (non-hydrogen) atoms. The minimum absolute atomic E-state index is 0.0674. The molecule has 1 atom stereocenters. The molecule has 2 rings (SSSR count). The van der Waals surface area contributed by atoms with Crippen LogP contribution in [0.1, 0.15) is 12.7 Å². The number of anilines is 2. The average Bonchev–Trinajstić information content (AvgIpc) is 2.77. The maximum Gasteiger partial charge on any atom is 0.276 e. The number of H-pyrrole nitrogens is 1. The largest absolute Gasteiger partial charge is 0.469 e. The minimum Gasteiger partial charge on any atom is -0.469 e. The highest BCUT2D eigenvalue weighted by Gasteiger charge is 2.09. The molecule has 1 unspecified atom stereocenters. The Morgan fingerprint density at radius 2 is 2.47 bits per heavy atom. The van der Waals surface area contributed by atoms with Gasteiger partial charge in [0.05, 0.1) is 12.6 Å². The van der Waals surface area contributed by atoms with Crippen molar-refractivity contribution in [3.05, 3.63) is 40.8 Å². The smallest absolute Gasteiger partial charge is 0.276 e. The van der Waals surface area contributed by atoms with Crippen molar-refractivity contribution in [3.8, 4) is 0 Å². The second-order valence-electron chi connectivity index (χ2n) is 3.82. The summed E-state index contributed by atoms with van der Waals surface area (Å²) < 4.78 is 5.24. The molecule has 0 radical (unpaired) electrons. The highest BCUT2D eigenvalue weighted by Crippen LogP contribution is 2.12. The number of aromatic nitrogens is 2. The summed E-state index contributed by atoms with van der Waals surface area (Å²) in [5, 5.41) is 3.07. The van der Waals surface area contributed by atoms with E-state index in [4.69, 9.17) is 10.2 Å². The Bertz CT molecular complexity index is 533. The van der Waals surface area contributed by atoms with Crippen LogP contribution < -0.4 is 16.6 Å². The van der Waals surface area contributed by atoms with Gasteiger partial charge in [-0.15, -0.1) is 0 Å². The van der Waals surface area contributed by atoms with E-state index in [0.29, 0.717) is 12.2 Å². The molecule has 0 aromatic carbocycles. The van der Waals surface area contributed by atoms with Crippen LogP contribution in [0.2, 0.25) is 0 Å². The molecule has 2 aromatic rings. The zero-order valence-electron chi connectivity index (χ0n) is 9.43. The van der Waals surface area contributed by atoms with Crippen LogP contribution >= 0.6 is 0 Å². The zero-order chi connectivity index (χ0) is 12.3. The fraction of sp³-hybridized carbons (Fsp3) is 0.273. The van der Waals surface area contributed by atoms with E-state index < -0.39 is 0 Å². The molecule has 2 heterocycles. The standard InChI is InChI=1S/C11H14N4O2/c1-7(5-8-3-2-4-17-8)15-10-9(12)11(16)14-6-13-10/h2-4,6-7H,5,12H2,1H3,(H2,13,14,15,16). The third-order valence-corrected chi connectivity index (χ3v) is 2.36. The van der Waals surface area contributed by atoms with E-state index in [2.05, 4.69) is 15.3 Å². The normalized spacial score (nSPS) is 12.3. The van der Waals surface area contributed by atoms with Crippen LogP contribution in [-0.4, -0.2) is 16.0 Å². The molecule has 0 bridgehead atoms. The molecule has 6 nitrogen and oxygen atoms in total. The molecule has 2 aromatic heterocycles. The summed E-state index contributed by atoms with van der Waals surface area (Å²) in [4.78, 5) is 17.7. The summed E-state index contributed by atoms with van der Waals surface area (Å²) >= 11 is 0. The van der Waals surface area contributed by atoms with Crippen LogP contribution in [0.25, 0.3) is 0 Å². The molecular weight excluding hydrogens is 220 g/mol.